The number of ether oxygens (including phenoxy) is 2. The lowest BCUT2D eigenvalue weighted by Gasteiger charge is -2.34. The van der Waals surface area contributed by atoms with Crippen LogP contribution in [0.2, 0.25) is 0 Å². The number of likely N-dealkylation sites (tertiary alicyclic amines) is 1. The van der Waals surface area contributed by atoms with E-state index in [2.05, 4.69) is 0 Å². The summed E-state index contributed by atoms with van der Waals surface area (Å²) in [6.07, 6.45) is 2.27. The Morgan fingerprint density at radius 3 is 2.22 bits per heavy atom. The fraction of sp³-hybridized carbons (Fsp3) is 0.667. The molecule has 2 heterocycles. The van der Waals surface area contributed by atoms with Crippen molar-refractivity contribution in [2.45, 2.75) is 19.8 Å². The zero-order chi connectivity index (χ0) is 19.8. The summed E-state index contributed by atoms with van der Waals surface area (Å²) in [6, 6.07) is 1.98. The van der Waals surface area contributed by atoms with Crippen LogP contribution in [0.5, 0.6) is 0 Å². The van der Waals surface area contributed by atoms with Gasteiger partial charge in [0.1, 0.15) is 11.6 Å². The van der Waals surface area contributed by atoms with Gasteiger partial charge in [-0.15, -0.1) is 0 Å². The average molecular weight is 378 g/mol. The van der Waals surface area contributed by atoms with Crippen molar-refractivity contribution in [3.8, 4) is 6.07 Å². The number of piperidine rings is 1. The molecule has 2 fully saturated rings. The van der Waals surface area contributed by atoms with Gasteiger partial charge in [0, 0.05) is 45.5 Å². The maximum Gasteiger partial charge on any atom is 0.409 e. The van der Waals surface area contributed by atoms with E-state index in [1.54, 1.807) is 22.9 Å². The Hall–Kier alpha value is -2.76. The average Bonchev–Trinajstić information content (AvgIpc) is 2.71. The molecule has 0 unspecified atom stereocenters. The van der Waals surface area contributed by atoms with Crippen molar-refractivity contribution in [3.05, 3.63) is 11.8 Å². The number of hydrogen-bond acceptors (Lipinski definition) is 7. The van der Waals surface area contributed by atoms with Crippen LogP contribution in [0.15, 0.2) is 11.8 Å². The molecular weight excluding hydrogens is 352 g/mol. The van der Waals surface area contributed by atoms with Crippen molar-refractivity contribution >= 4 is 18.0 Å². The summed E-state index contributed by atoms with van der Waals surface area (Å²) in [5.74, 6) is -0.728. The summed E-state index contributed by atoms with van der Waals surface area (Å²) in [5, 5.41) is 9.40. The van der Waals surface area contributed by atoms with Crippen LogP contribution in [0.3, 0.4) is 0 Å². The topological polar surface area (TPSA) is 103 Å². The molecule has 9 nitrogen and oxygen atoms in total. The van der Waals surface area contributed by atoms with Crippen molar-refractivity contribution in [1.29, 1.82) is 5.26 Å². The molecule has 148 valence electrons. The quantitative estimate of drug-likeness (QED) is 0.400. The standard InChI is InChI=1S/C18H26N4O5/c1-3-27-17(24)14-4-6-21(7-5-14)16(23)15(12-19)13-20-8-10-22(11-9-20)18(25)26-2/h13-14H,3-11H2,1-2H3/b15-13-. The maximum absolute atomic E-state index is 12.6. The summed E-state index contributed by atoms with van der Waals surface area (Å²) < 4.78 is 9.72. The van der Waals surface area contributed by atoms with E-state index in [-0.39, 0.29) is 29.5 Å². The number of nitriles is 1. The fourth-order valence-electron chi connectivity index (χ4n) is 3.23. The molecule has 0 aromatic heterocycles. The van der Waals surface area contributed by atoms with Gasteiger partial charge in [-0.25, -0.2) is 4.79 Å². The first-order valence-corrected chi connectivity index (χ1v) is 9.14. The van der Waals surface area contributed by atoms with E-state index < -0.39 is 0 Å². The number of carbonyl (C=O) groups is 3. The normalized spacial score (nSPS) is 18.7. The van der Waals surface area contributed by atoms with Crippen LogP contribution in [0, 0.1) is 17.2 Å². The molecule has 0 saturated carbocycles. The van der Waals surface area contributed by atoms with Gasteiger partial charge in [-0.3, -0.25) is 9.59 Å². The number of esters is 1. The Kier molecular flexibility index (Phi) is 7.46. The summed E-state index contributed by atoms with van der Waals surface area (Å²) in [6.45, 7) is 4.97. The minimum Gasteiger partial charge on any atom is -0.466 e. The molecular formula is C18H26N4O5. The van der Waals surface area contributed by atoms with E-state index in [1.807, 2.05) is 11.0 Å². The van der Waals surface area contributed by atoms with Crippen LogP contribution in [-0.4, -0.2) is 85.7 Å². The minimum atomic E-state index is -0.375. The summed E-state index contributed by atoms with van der Waals surface area (Å²) >= 11 is 0. The second-order valence-electron chi connectivity index (χ2n) is 6.47. The number of carbonyl (C=O) groups excluding carboxylic acids is 3. The van der Waals surface area contributed by atoms with Crippen molar-refractivity contribution < 1.29 is 23.9 Å². The molecule has 2 amide bonds. The van der Waals surface area contributed by atoms with Crippen LogP contribution >= 0.6 is 0 Å². The summed E-state index contributed by atoms with van der Waals surface area (Å²) in [7, 11) is 1.34. The first-order valence-electron chi connectivity index (χ1n) is 9.14. The molecule has 0 radical (unpaired) electrons. The molecule has 0 aromatic carbocycles. The number of hydrogen-bond donors (Lipinski definition) is 0. The highest BCUT2D eigenvalue weighted by Crippen LogP contribution is 2.20. The van der Waals surface area contributed by atoms with E-state index in [1.165, 1.54) is 7.11 Å². The van der Waals surface area contributed by atoms with Crippen molar-refractivity contribution in [2.24, 2.45) is 5.92 Å². The van der Waals surface area contributed by atoms with Gasteiger partial charge in [-0.1, -0.05) is 0 Å². The van der Waals surface area contributed by atoms with E-state index in [0.717, 1.165) is 0 Å². The second kappa shape index (κ2) is 9.80. The third-order valence-corrected chi connectivity index (χ3v) is 4.81. The monoisotopic (exact) mass is 378 g/mol. The molecule has 2 aliphatic rings. The van der Waals surface area contributed by atoms with Crippen LogP contribution in [-0.2, 0) is 19.1 Å². The van der Waals surface area contributed by atoms with E-state index >= 15 is 0 Å². The molecule has 0 N–H and O–H groups in total. The smallest absolute Gasteiger partial charge is 0.409 e. The minimum absolute atomic E-state index is 0.0658. The van der Waals surface area contributed by atoms with E-state index in [4.69, 9.17) is 9.47 Å². The highest BCUT2D eigenvalue weighted by atomic mass is 16.5. The number of amides is 2. The number of nitrogens with zero attached hydrogens (tertiary/aromatic N) is 4. The Balaban J connectivity index is 1.89. The molecule has 2 aliphatic heterocycles. The molecule has 0 aliphatic carbocycles. The maximum atomic E-state index is 12.6. The number of piperazine rings is 1. The summed E-state index contributed by atoms with van der Waals surface area (Å²) in [4.78, 5) is 41.0. The highest BCUT2D eigenvalue weighted by Gasteiger charge is 2.30. The van der Waals surface area contributed by atoms with Crippen LogP contribution in [0.4, 0.5) is 4.79 Å². The lowest BCUT2D eigenvalue weighted by molar-refractivity contribution is -0.150. The predicted molar refractivity (Wildman–Crippen MR) is 95.2 cm³/mol. The largest absolute Gasteiger partial charge is 0.466 e. The zero-order valence-electron chi connectivity index (χ0n) is 15.8. The zero-order valence-corrected chi connectivity index (χ0v) is 15.8. The van der Waals surface area contributed by atoms with Crippen molar-refractivity contribution in [1.82, 2.24) is 14.7 Å². The molecule has 0 spiro atoms. The first kappa shape index (κ1) is 20.6. The van der Waals surface area contributed by atoms with Gasteiger partial charge in [0.05, 0.1) is 19.6 Å². The molecule has 9 heteroatoms. The van der Waals surface area contributed by atoms with E-state index in [9.17, 15) is 19.6 Å². The Morgan fingerprint density at radius 1 is 1.07 bits per heavy atom. The van der Waals surface area contributed by atoms with Gasteiger partial charge >= 0.3 is 12.1 Å². The highest BCUT2D eigenvalue weighted by molar-refractivity contribution is 5.97. The van der Waals surface area contributed by atoms with Gasteiger partial charge in [0.25, 0.3) is 5.91 Å². The van der Waals surface area contributed by atoms with Crippen LogP contribution in [0.1, 0.15) is 19.8 Å². The molecule has 0 aromatic rings. The van der Waals surface area contributed by atoms with Crippen LogP contribution < -0.4 is 0 Å². The fourth-order valence-corrected chi connectivity index (χ4v) is 3.23. The lowest BCUT2D eigenvalue weighted by Crippen LogP contribution is -2.47. The predicted octanol–water partition coefficient (Wildman–Crippen LogP) is 0.580. The SMILES string of the molecule is CCOC(=O)C1CCN(C(=O)/C(C#N)=C\N2CCN(C(=O)OC)CC2)CC1. The molecule has 0 atom stereocenters. The number of rotatable bonds is 4. The van der Waals surface area contributed by atoms with E-state index in [0.29, 0.717) is 58.7 Å². The van der Waals surface area contributed by atoms with Gasteiger partial charge < -0.3 is 24.2 Å². The second-order valence-corrected chi connectivity index (χ2v) is 6.47. The summed E-state index contributed by atoms with van der Waals surface area (Å²) in [5.41, 5.74) is 0.0658. The van der Waals surface area contributed by atoms with Gasteiger partial charge in [-0.2, -0.15) is 5.26 Å². The number of methoxy groups -OCH3 is 1. The Morgan fingerprint density at radius 2 is 1.70 bits per heavy atom. The third-order valence-electron chi connectivity index (χ3n) is 4.81. The Labute approximate surface area is 159 Å². The molecule has 2 rings (SSSR count). The van der Waals surface area contributed by atoms with Crippen molar-refractivity contribution in [3.63, 3.8) is 0 Å². The Bertz CT molecular complexity index is 626. The first-order chi connectivity index (χ1) is 13.0. The molecule has 0 bridgehead atoms. The lowest BCUT2D eigenvalue weighted by atomic mass is 9.96. The van der Waals surface area contributed by atoms with Gasteiger partial charge in [0.2, 0.25) is 0 Å². The van der Waals surface area contributed by atoms with Gasteiger partial charge in [-0.05, 0) is 19.8 Å². The third kappa shape index (κ3) is 5.36. The molecule has 2 saturated heterocycles. The molecule has 27 heavy (non-hydrogen) atoms. The van der Waals surface area contributed by atoms with Crippen LogP contribution in [0.25, 0.3) is 0 Å². The van der Waals surface area contributed by atoms with Crippen molar-refractivity contribution in [2.75, 3.05) is 53.0 Å². The van der Waals surface area contributed by atoms with Gasteiger partial charge in [0.15, 0.2) is 0 Å².